The summed E-state index contributed by atoms with van der Waals surface area (Å²) in [4.78, 5) is 0.376. The second kappa shape index (κ2) is 8.76. The van der Waals surface area contributed by atoms with Gasteiger partial charge in [-0.3, -0.25) is 0 Å². The molecule has 0 radical (unpaired) electrons. The van der Waals surface area contributed by atoms with Gasteiger partial charge in [0, 0.05) is 18.0 Å². The number of hydrogen-bond acceptors (Lipinski definition) is 2. The molecule has 1 aliphatic rings. The predicted molar refractivity (Wildman–Crippen MR) is 112 cm³/mol. The van der Waals surface area contributed by atoms with Gasteiger partial charge in [0.05, 0.1) is 4.90 Å². The molecule has 1 saturated heterocycles. The number of sulfonamides is 1. The van der Waals surface area contributed by atoms with Crippen molar-refractivity contribution in [2.45, 2.75) is 55.8 Å². The topological polar surface area (TPSA) is 37.4 Å². The number of halogens is 1. The highest BCUT2D eigenvalue weighted by atomic mass is 35.5. The van der Waals surface area contributed by atoms with Crippen molar-refractivity contribution in [1.82, 2.24) is 4.31 Å². The molecular weight excluding hydrogens is 378 g/mol. The van der Waals surface area contributed by atoms with Crippen LogP contribution in [0.3, 0.4) is 0 Å². The lowest BCUT2D eigenvalue weighted by Gasteiger charge is -2.29. The minimum absolute atomic E-state index is 0.00370. The number of aryl methyl sites for hydroxylation is 2. The smallest absolute Gasteiger partial charge is 0.207 e. The molecule has 146 valence electrons. The molecule has 3 rings (SSSR count). The van der Waals surface area contributed by atoms with Crippen LogP contribution < -0.4 is 0 Å². The number of rotatable bonds is 7. The van der Waals surface area contributed by atoms with Crippen molar-refractivity contribution in [2.75, 3.05) is 6.54 Å². The van der Waals surface area contributed by atoms with Crippen molar-refractivity contribution in [1.29, 1.82) is 0 Å². The van der Waals surface area contributed by atoms with Gasteiger partial charge in [0.25, 0.3) is 0 Å². The third-order valence-corrected chi connectivity index (χ3v) is 8.17. The Morgan fingerprint density at radius 3 is 2.41 bits per heavy atom. The molecule has 1 aliphatic heterocycles. The fraction of sp³-hybridized carbons (Fsp3) is 0.455. The largest absolute Gasteiger partial charge is 0.243 e. The molecule has 1 heterocycles. The Balaban J connectivity index is 1.86. The summed E-state index contributed by atoms with van der Waals surface area (Å²) in [6.07, 6.45) is 3.33. The summed E-state index contributed by atoms with van der Waals surface area (Å²) in [5, 5.41) is 0.00370. The number of nitrogens with zero attached hydrogens (tertiary/aromatic N) is 1. The van der Waals surface area contributed by atoms with Crippen LogP contribution in [0.2, 0.25) is 0 Å². The SMILES string of the molecule is CC[C@H](Cl)[C@@H]1CCN(S(=O)(=O)c2ccc(C)cc2)[C@H]1CCc1ccccc1. The minimum Gasteiger partial charge on any atom is -0.207 e. The van der Waals surface area contributed by atoms with Gasteiger partial charge < -0.3 is 0 Å². The molecule has 3 nitrogen and oxygen atoms in total. The Labute approximate surface area is 168 Å². The Hall–Kier alpha value is -1.36. The van der Waals surface area contributed by atoms with Crippen LogP contribution in [0.1, 0.15) is 37.3 Å². The normalized spacial score (nSPS) is 22.0. The zero-order valence-corrected chi connectivity index (χ0v) is 17.6. The summed E-state index contributed by atoms with van der Waals surface area (Å²) >= 11 is 6.61. The third kappa shape index (κ3) is 4.56. The van der Waals surface area contributed by atoms with E-state index in [1.54, 1.807) is 16.4 Å². The molecule has 2 aromatic rings. The average molecular weight is 406 g/mol. The summed E-state index contributed by atoms with van der Waals surface area (Å²) in [6, 6.07) is 17.3. The fourth-order valence-corrected chi connectivity index (χ4v) is 6.04. The van der Waals surface area contributed by atoms with Crippen LogP contribution in [0.5, 0.6) is 0 Å². The van der Waals surface area contributed by atoms with Gasteiger partial charge in [-0.25, -0.2) is 8.42 Å². The van der Waals surface area contributed by atoms with Gasteiger partial charge in [-0.1, -0.05) is 55.0 Å². The second-order valence-electron chi connectivity index (χ2n) is 7.40. The van der Waals surface area contributed by atoms with Gasteiger partial charge in [-0.05, 0) is 56.2 Å². The van der Waals surface area contributed by atoms with E-state index in [-0.39, 0.29) is 17.3 Å². The Bertz CT molecular complexity index is 836. The highest BCUT2D eigenvalue weighted by Gasteiger charge is 2.43. The Morgan fingerprint density at radius 2 is 1.78 bits per heavy atom. The molecule has 27 heavy (non-hydrogen) atoms. The zero-order valence-electron chi connectivity index (χ0n) is 16.0. The maximum atomic E-state index is 13.3. The lowest BCUT2D eigenvalue weighted by molar-refractivity contribution is 0.309. The molecule has 0 saturated carbocycles. The van der Waals surface area contributed by atoms with Crippen molar-refractivity contribution in [3.8, 4) is 0 Å². The lowest BCUT2D eigenvalue weighted by Crippen LogP contribution is -2.40. The van der Waals surface area contributed by atoms with Crippen LogP contribution in [0.4, 0.5) is 0 Å². The number of hydrogen-bond donors (Lipinski definition) is 0. The first-order valence-electron chi connectivity index (χ1n) is 9.70. The van der Waals surface area contributed by atoms with Crippen LogP contribution in [0, 0.1) is 12.8 Å². The molecule has 0 spiro atoms. The van der Waals surface area contributed by atoms with Crippen LogP contribution in [-0.2, 0) is 16.4 Å². The van der Waals surface area contributed by atoms with E-state index in [1.807, 2.05) is 37.3 Å². The van der Waals surface area contributed by atoms with Gasteiger partial charge in [0.1, 0.15) is 0 Å². The van der Waals surface area contributed by atoms with E-state index in [2.05, 4.69) is 19.1 Å². The first kappa shape index (κ1) is 20.4. The maximum Gasteiger partial charge on any atom is 0.243 e. The van der Waals surface area contributed by atoms with E-state index in [0.29, 0.717) is 11.4 Å². The van der Waals surface area contributed by atoms with Crippen LogP contribution >= 0.6 is 11.6 Å². The molecule has 0 bridgehead atoms. The standard InChI is InChI=1S/C22H28ClNO2S/c1-3-21(23)20-15-16-24(22(20)14-11-18-7-5-4-6-8-18)27(25,26)19-12-9-17(2)10-13-19/h4-10,12-13,20-22H,3,11,14-16H2,1-2H3/t20-,21-,22-/m0/s1. The maximum absolute atomic E-state index is 13.3. The molecule has 0 unspecified atom stereocenters. The van der Waals surface area contributed by atoms with Crippen LogP contribution in [0.15, 0.2) is 59.5 Å². The molecular formula is C22H28ClNO2S. The van der Waals surface area contributed by atoms with E-state index in [0.717, 1.165) is 31.2 Å². The first-order chi connectivity index (χ1) is 12.9. The molecule has 1 fully saturated rings. The quantitative estimate of drug-likeness (QED) is 0.606. The minimum atomic E-state index is -3.51. The van der Waals surface area contributed by atoms with Gasteiger partial charge in [-0.15, -0.1) is 11.6 Å². The van der Waals surface area contributed by atoms with E-state index < -0.39 is 10.0 Å². The van der Waals surface area contributed by atoms with Crippen molar-refractivity contribution in [2.24, 2.45) is 5.92 Å². The highest BCUT2D eigenvalue weighted by molar-refractivity contribution is 7.89. The summed E-state index contributed by atoms with van der Waals surface area (Å²) in [5.41, 5.74) is 2.29. The molecule has 5 heteroatoms. The monoisotopic (exact) mass is 405 g/mol. The molecule has 0 amide bonds. The summed E-state index contributed by atoms with van der Waals surface area (Å²) < 4.78 is 28.3. The molecule has 2 aromatic carbocycles. The third-order valence-electron chi connectivity index (χ3n) is 5.60. The van der Waals surface area contributed by atoms with Crippen molar-refractivity contribution >= 4 is 21.6 Å². The van der Waals surface area contributed by atoms with Gasteiger partial charge in [0.15, 0.2) is 0 Å². The van der Waals surface area contributed by atoms with E-state index >= 15 is 0 Å². The van der Waals surface area contributed by atoms with E-state index in [1.165, 1.54) is 5.56 Å². The molecule has 0 aromatic heterocycles. The Kier molecular flexibility index (Phi) is 6.61. The average Bonchev–Trinajstić information content (AvgIpc) is 3.11. The summed E-state index contributed by atoms with van der Waals surface area (Å²) in [7, 11) is -3.51. The fourth-order valence-electron chi connectivity index (χ4n) is 4.03. The van der Waals surface area contributed by atoms with Crippen molar-refractivity contribution < 1.29 is 8.42 Å². The summed E-state index contributed by atoms with van der Waals surface area (Å²) in [5.74, 6) is 0.195. The second-order valence-corrected chi connectivity index (χ2v) is 9.85. The van der Waals surface area contributed by atoms with Crippen molar-refractivity contribution in [3.05, 3.63) is 65.7 Å². The summed E-state index contributed by atoms with van der Waals surface area (Å²) in [6.45, 7) is 4.58. The highest BCUT2D eigenvalue weighted by Crippen LogP contribution is 2.37. The molecule has 0 aliphatic carbocycles. The van der Waals surface area contributed by atoms with Gasteiger partial charge >= 0.3 is 0 Å². The Morgan fingerprint density at radius 1 is 1.11 bits per heavy atom. The predicted octanol–water partition coefficient (Wildman–Crippen LogP) is 5.02. The molecule has 0 N–H and O–H groups in total. The first-order valence-corrected chi connectivity index (χ1v) is 11.6. The number of alkyl halides is 1. The lowest BCUT2D eigenvalue weighted by atomic mass is 9.91. The van der Waals surface area contributed by atoms with Crippen LogP contribution in [0.25, 0.3) is 0 Å². The van der Waals surface area contributed by atoms with Gasteiger partial charge in [0.2, 0.25) is 10.0 Å². The van der Waals surface area contributed by atoms with E-state index in [9.17, 15) is 8.42 Å². The number of benzene rings is 2. The van der Waals surface area contributed by atoms with Crippen molar-refractivity contribution in [3.63, 3.8) is 0 Å². The van der Waals surface area contributed by atoms with Crippen LogP contribution in [-0.4, -0.2) is 30.7 Å². The zero-order chi connectivity index (χ0) is 19.4. The molecule has 3 atom stereocenters. The van der Waals surface area contributed by atoms with Gasteiger partial charge in [-0.2, -0.15) is 4.31 Å². The van der Waals surface area contributed by atoms with E-state index in [4.69, 9.17) is 11.6 Å².